The summed E-state index contributed by atoms with van der Waals surface area (Å²) in [5.41, 5.74) is 0.543. The van der Waals surface area contributed by atoms with Crippen molar-refractivity contribution in [1.82, 2.24) is 4.90 Å². The highest BCUT2D eigenvalue weighted by molar-refractivity contribution is 5.94. The first kappa shape index (κ1) is 16.2. The number of aliphatic hydroxyl groups is 1. The molecule has 0 unspecified atom stereocenters. The van der Waals surface area contributed by atoms with Crippen LogP contribution >= 0.6 is 0 Å². The number of carbonyl (C=O) groups is 1. The molecule has 1 aromatic carbocycles. The van der Waals surface area contributed by atoms with Gasteiger partial charge < -0.3 is 10.0 Å². The molecule has 0 aliphatic rings. The molecule has 0 aliphatic carbocycles. The van der Waals surface area contributed by atoms with E-state index in [1.54, 1.807) is 4.90 Å². The van der Waals surface area contributed by atoms with Crippen LogP contribution in [-0.2, 0) is 0 Å². The van der Waals surface area contributed by atoms with Crippen molar-refractivity contribution >= 4 is 5.91 Å². The molecule has 0 aliphatic heterocycles. The number of amides is 1. The van der Waals surface area contributed by atoms with Crippen LogP contribution in [0, 0.1) is 23.6 Å². The lowest BCUT2D eigenvalue weighted by Gasteiger charge is -2.23. The summed E-state index contributed by atoms with van der Waals surface area (Å²) in [7, 11) is 0. The predicted octanol–water partition coefficient (Wildman–Crippen LogP) is 2.29. The van der Waals surface area contributed by atoms with Gasteiger partial charge in [-0.2, -0.15) is 0 Å². The third-order valence-corrected chi connectivity index (χ3v) is 2.76. The summed E-state index contributed by atoms with van der Waals surface area (Å²) in [5, 5.41) is 8.66. The van der Waals surface area contributed by atoms with Crippen LogP contribution in [0.3, 0.4) is 0 Å². The molecule has 1 rings (SSSR count). The zero-order valence-corrected chi connectivity index (χ0v) is 12.1. The minimum atomic E-state index is -0.549. The molecule has 20 heavy (non-hydrogen) atoms. The van der Waals surface area contributed by atoms with Crippen LogP contribution in [0.25, 0.3) is 0 Å². The van der Waals surface area contributed by atoms with E-state index in [0.29, 0.717) is 24.6 Å². The first-order valence-electron chi connectivity index (χ1n) is 6.68. The van der Waals surface area contributed by atoms with E-state index in [4.69, 9.17) is 5.11 Å². The normalized spacial score (nSPS) is 10.1. The summed E-state index contributed by atoms with van der Waals surface area (Å²) in [6.07, 6.45) is 0. The number of hydrogen-bond acceptors (Lipinski definition) is 2. The second kappa shape index (κ2) is 7.66. The van der Waals surface area contributed by atoms with Crippen molar-refractivity contribution in [2.75, 3.05) is 19.7 Å². The van der Waals surface area contributed by atoms with Gasteiger partial charge in [-0.25, -0.2) is 4.39 Å². The summed E-state index contributed by atoms with van der Waals surface area (Å²) in [4.78, 5) is 14.0. The average Bonchev–Trinajstić information content (AvgIpc) is 2.43. The van der Waals surface area contributed by atoms with Crippen LogP contribution in [0.4, 0.5) is 4.39 Å². The average molecular weight is 277 g/mol. The molecule has 0 bridgehead atoms. The molecule has 1 aromatic rings. The van der Waals surface area contributed by atoms with Crippen LogP contribution in [0.1, 0.15) is 36.7 Å². The van der Waals surface area contributed by atoms with E-state index in [-0.39, 0.29) is 18.1 Å². The smallest absolute Gasteiger partial charge is 0.256 e. The van der Waals surface area contributed by atoms with Gasteiger partial charge in [0.05, 0.1) is 5.56 Å². The van der Waals surface area contributed by atoms with Crippen molar-refractivity contribution < 1.29 is 14.3 Å². The van der Waals surface area contributed by atoms with Crippen LogP contribution < -0.4 is 0 Å². The molecule has 3 nitrogen and oxygen atoms in total. The molecule has 108 valence electrons. The fraction of sp³-hybridized carbons (Fsp3) is 0.438. The topological polar surface area (TPSA) is 40.5 Å². The van der Waals surface area contributed by atoms with Crippen molar-refractivity contribution in [3.05, 3.63) is 35.1 Å². The minimum Gasteiger partial charge on any atom is -0.384 e. The summed E-state index contributed by atoms with van der Waals surface area (Å²) < 4.78 is 13.8. The Hall–Kier alpha value is -1.86. The minimum absolute atomic E-state index is 0.0252. The Morgan fingerprint density at radius 1 is 1.45 bits per heavy atom. The zero-order valence-electron chi connectivity index (χ0n) is 12.1. The maximum atomic E-state index is 13.8. The van der Waals surface area contributed by atoms with Gasteiger partial charge in [-0.3, -0.25) is 4.79 Å². The van der Waals surface area contributed by atoms with Gasteiger partial charge in [0.15, 0.2) is 0 Å². The fourth-order valence-electron chi connectivity index (χ4n) is 1.88. The van der Waals surface area contributed by atoms with E-state index in [1.165, 1.54) is 18.2 Å². The molecular formula is C16H20FNO2. The maximum absolute atomic E-state index is 13.8. The SMILES string of the molecule is CCN(CC(C)C)C(=O)c1cc(C#CCO)ccc1F. The Balaban J connectivity index is 3.07. The summed E-state index contributed by atoms with van der Waals surface area (Å²) >= 11 is 0. The lowest BCUT2D eigenvalue weighted by atomic mass is 10.1. The molecular weight excluding hydrogens is 257 g/mol. The number of benzene rings is 1. The van der Waals surface area contributed by atoms with E-state index in [1.807, 2.05) is 20.8 Å². The summed E-state index contributed by atoms with van der Waals surface area (Å²) in [6, 6.07) is 4.16. The predicted molar refractivity (Wildman–Crippen MR) is 76.8 cm³/mol. The molecule has 4 heteroatoms. The van der Waals surface area contributed by atoms with Crippen LogP contribution in [0.15, 0.2) is 18.2 Å². The number of carbonyl (C=O) groups excluding carboxylic acids is 1. The number of hydrogen-bond donors (Lipinski definition) is 1. The standard InChI is InChI=1S/C16H20FNO2/c1-4-18(11-12(2)3)16(20)14-10-13(6-5-9-19)7-8-15(14)17/h7-8,10,12,19H,4,9,11H2,1-3H3. The Morgan fingerprint density at radius 3 is 2.70 bits per heavy atom. The van der Waals surface area contributed by atoms with Crippen molar-refractivity contribution in [2.45, 2.75) is 20.8 Å². The number of nitrogens with zero attached hydrogens (tertiary/aromatic N) is 1. The van der Waals surface area contributed by atoms with Gasteiger partial charge in [-0.15, -0.1) is 0 Å². The molecule has 0 radical (unpaired) electrons. The second-order valence-electron chi connectivity index (χ2n) is 4.89. The van der Waals surface area contributed by atoms with Crippen LogP contribution in [-0.4, -0.2) is 35.6 Å². The Morgan fingerprint density at radius 2 is 2.15 bits per heavy atom. The Kier molecular flexibility index (Phi) is 6.20. The van der Waals surface area contributed by atoms with E-state index < -0.39 is 5.82 Å². The number of halogens is 1. The van der Waals surface area contributed by atoms with E-state index in [0.717, 1.165) is 0 Å². The Labute approximate surface area is 119 Å². The van der Waals surface area contributed by atoms with Gasteiger partial charge in [0, 0.05) is 18.7 Å². The highest BCUT2D eigenvalue weighted by Crippen LogP contribution is 2.14. The molecule has 0 fully saturated rings. The molecule has 1 N–H and O–H groups in total. The highest BCUT2D eigenvalue weighted by Gasteiger charge is 2.19. The van der Waals surface area contributed by atoms with Gasteiger partial charge in [-0.05, 0) is 31.0 Å². The number of aliphatic hydroxyl groups excluding tert-OH is 1. The van der Waals surface area contributed by atoms with E-state index >= 15 is 0 Å². The van der Waals surface area contributed by atoms with Crippen LogP contribution in [0.2, 0.25) is 0 Å². The fourth-order valence-corrected chi connectivity index (χ4v) is 1.88. The lowest BCUT2D eigenvalue weighted by Crippen LogP contribution is -2.34. The first-order chi connectivity index (χ1) is 9.49. The highest BCUT2D eigenvalue weighted by atomic mass is 19.1. The van der Waals surface area contributed by atoms with Gasteiger partial charge in [0.25, 0.3) is 5.91 Å². The monoisotopic (exact) mass is 277 g/mol. The zero-order chi connectivity index (χ0) is 15.1. The van der Waals surface area contributed by atoms with Gasteiger partial charge in [-0.1, -0.05) is 25.7 Å². The maximum Gasteiger partial charge on any atom is 0.256 e. The molecule has 0 heterocycles. The van der Waals surface area contributed by atoms with Crippen molar-refractivity contribution in [1.29, 1.82) is 0 Å². The molecule has 1 amide bonds. The van der Waals surface area contributed by atoms with Crippen molar-refractivity contribution in [3.63, 3.8) is 0 Å². The second-order valence-corrected chi connectivity index (χ2v) is 4.89. The van der Waals surface area contributed by atoms with Crippen molar-refractivity contribution in [3.8, 4) is 11.8 Å². The molecule has 0 aromatic heterocycles. The van der Waals surface area contributed by atoms with Gasteiger partial charge >= 0.3 is 0 Å². The van der Waals surface area contributed by atoms with Crippen molar-refractivity contribution in [2.24, 2.45) is 5.92 Å². The van der Waals surface area contributed by atoms with E-state index in [2.05, 4.69) is 11.8 Å². The third-order valence-electron chi connectivity index (χ3n) is 2.76. The third kappa shape index (κ3) is 4.36. The lowest BCUT2D eigenvalue weighted by molar-refractivity contribution is 0.0741. The molecule has 0 spiro atoms. The Bertz CT molecular complexity index is 529. The largest absolute Gasteiger partial charge is 0.384 e. The number of rotatable bonds is 4. The summed E-state index contributed by atoms with van der Waals surface area (Å²) in [5.74, 6) is 4.60. The molecule has 0 atom stereocenters. The molecule has 0 saturated heterocycles. The summed E-state index contributed by atoms with van der Waals surface area (Å²) in [6.45, 7) is 6.73. The van der Waals surface area contributed by atoms with Crippen LogP contribution in [0.5, 0.6) is 0 Å². The quantitative estimate of drug-likeness (QED) is 0.858. The van der Waals surface area contributed by atoms with Gasteiger partial charge in [0.1, 0.15) is 12.4 Å². The first-order valence-corrected chi connectivity index (χ1v) is 6.68. The van der Waals surface area contributed by atoms with E-state index in [9.17, 15) is 9.18 Å². The molecule has 0 saturated carbocycles. The van der Waals surface area contributed by atoms with Gasteiger partial charge in [0.2, 0.25) is 0 Å².